The van der Waals surface area contributed by atoms with Gasteiger partial charge in [0.05, 0.1) is 18.3 Å². The van der Waals surface area contributed by atoms with Gasteiger partial charge in [-0.2, -0.15) is 0 Å². The number of pyridine rings is 1. The maximum Gasteiger partial charge on any atom is 0.228 e. The normalized spacial score (nSPS) is 27.3. The Hall–Kier alpha value is -2.40. The molecule has 1 aromatic carbocycles. The van der Waals surface area contributed by atoms with Crippen LogP contribution >= 0.6 is 0 Å². The average molecular weight is 349 g/mol. The number of hydrogen-bond donors (Lipinski definition) is 1. The van der Waals surface area contributed by atoms with E-state index >= 15 is 0 Å². The second kappa shape index (κ2) is 6.09. The molecule has 0 radical (unpaired) electrons. The molecular weight excluding hydrogens is 326 g/mol. The minimum Gasteiger partial charge on any atom is -0.489 e. The number of fused-ring (bicyclic) bond motifs is 3. The minimum atomic E-state index is 0.0564. The van der Waals surface area contributed by atoms with Crippen molar-refractivity contribution in [2.75, 3.05) is 12.4 Å². The Morgan fingerprint density at radius 3 is 2.69 bits per heavy atom. The molecule has 4 heterocycles. The van der Waals surface area contributed by atoms with Crippen LogP contribution in [0.25, 0.3) is 11.3 Å². The van der Waals surface area contributed by atoms with Gasteiger partial charge in [0.2, 0.25) is 5.91 Å². The zero-order valence-corrected chi connectivity index (χ0v) is 14.9. The summed E-state index contributed by atoms with van der Waals surface area (Å²) in [5, 5.41) is 2.86. The predicted octanol–water partition coefficient (Wildman–Crippen LogP) is 3.25. The van der Waals surface area contributed by atoms with Crippen molar-refractivity contribution in [1.82, 2.24) is 9.88 Å². The maximum absolute atomic E-state index is 11.5. The summed E-state index contributed by atoms with van der Waals surface area (Å²) in [6, 6.07) is 11.4. The van der Waals surface area contributed by atoms with Crippen LogP contribution < -0.4 is 10.1 Å². The van der Waals surface area contributed by atoms with E-state index < -0.39 is 0 Å². The van der Waals surface area contributed by atoms with Crippen LogP contribution in [0.15, 0.2) is 36.5 Å². The van der Waals surface area contributed by atoms with Crippen LogP contribution in [0.3, 0.4) is 0 Å². The quantitative estimate of drug-likeness (QED) is 0.924. The van der Waals surface area contributed by atoms with Crippen LogP contribution in [-0.4, -0.2) is 41.0 Å². The van der Waals surface area contributed by atoms with Crippen molar-refractivity contribution in [2.45, 2.75) is 50.3 Å². The summed E-state index contributed by atoms with van der Waals surface area (Å²) < 4.78 is 6.22. The van der Waals surface area contributed by atoms with Gasteiger partial charge in [0.1, 0.15) is 11.9 Å². The number of carbonyl (C=O) groups excluding carboxylic acids is 1. The second-order valence-corrected chi connectivity index (χ2v) is 7.74. The number of nitrogens with one attached hydrogen (secondary N) is 1. The van der Waals surface area contributed by atoms with E-state index in [-0.39, 0.29) is 5.91 Å². The molecule has 0 aliphatic carbocycles. The third-order valence-corrected chi connectivity index (χ3v) is 6.12. The highest BCUT2D eigenvalue weighted by molar-refractivity contribution is 5.99. The van der Waals surface area contributed by atoms with Crippen molar-refractivity contribution < 1.29 is 9.53 Å². The summed E-state index contributed by atoms with van der Waals surface area (Å²) in [5.41, 5.74) is 3.89. The molecule has 1 aromatic heterocycles. The summed E-state index contributed by atoms with van der Waals surface area (Å²) in [6.07, 6.45) is 7.39. The van der Waals surface area contributed by atoms with Gasteiger partial charge in [0.25, 0.3) is 0 Å². The average Bonchev–Trinajstić information content (AvgIpc) is 3.09. The van der Waals surface area contributed by atoms with Crippen molar-refractivity contribution in [3.05, 3.63) is 42.1 Å². The third kappa shape index (κ3) is 2.76. The van der Waals surface area contributed by atoms with Gasteiger partial charge in [-0.1, -0.05) is 6.07 Å². The smallest absolute Gasteiger partial charge is 0.228 e. The molecule has 2 bridgehead atoms. The van der Waals surface area contributed by atoms with Crippen LogP contribution in [-0.2, 0) is 11.2 Å². The van der Waals surface area contributed by atoms with Crippen LogP contribution in [0.2, 0.25) is 0 Å². The zero-order chi connectivity index (χ0) is 17.7. The van der Waals surface area contributed by atoms with Gasteiger partial charge in [-0.15, -0.1) is 0 Å². The van der Waals surface area contributed by atoms with E-state index in [9.17, 15) is 4.79 Å². The molecule has 2 atom stereocenters. The van der Waals surface area contributed by atoms with Crippen LogP contribution in [0.1, 0.15) is 31.2 Å². The van der Waals surface area contributed by atoms with Crippen molar-refractivity contribution in [3.8, 4) is 17.0 Å². The van der Waals surface area contributed by atoms with Crippen LogP contribution in [0.4, 0.5) is 5.69 Å². The van der Waals surface area contributed by atoms with Gasteiger partial charge >= 0.3 is 0 Å². The van der Waals surface area contributed by atoms with Crippen molar-refractivity contribution >= 4 is 11.6 Å². The minimum absolute atomic E-state index is 0.0564. The van der Waals surface area contributed by atoms with E-state index in [0.717, 1.165) is 41.1 Å². The van der Waals surface area contributed by atoms with E-state index in [1.807, 2.05) is 36.5 Å². The highest BCUT2D eigenvalue weighted by atomic mass is 16.5. The number of nitrogens with zero attached hydrogens (tertiary/aromatic N) is 2. The van der Waals surface area contributed by atoms with Gasteiger partial charge < -0.3 is 15.0 Å². The molecule has 5 nitrogen and oxygen atoms in total. The van der Waals surface area contributed by atoms with Gasteiger partial charge in [0.15, 0.2) is 0 Å². The molecule has 3 aliphatic heterocycles. The first-order valence-corrected chi connectivity index (χ1v) is 9.43. The second-order valence-electron chi connectivity index (χ2n) is 7.74. The van der Waals surface area contributed by atoms with E-state index in [2.05, 4.69) is 22.2 Å². The first kappa shape index (κ1) is 15.8. The molecule has 5 rings (SSSR count). The molecular formula is C21H23N3O2. The lowest BCUT2D eigenvalue weighted by Crippen LogP contribution is -2.43. The Morgan fingerprint density at radius 1 is 1.15 bits per heavy atom. The largest absolute Gasteiger partial charge is 0.489 e. The third-order valence-electron chi connectivity index (χ3n) is 6.12. The summed E-state index contributed by atoms with van der Waals surface area (Å²) in [5.74, 6) is 0.904. The summed E-state index contributed by atoms with van der Waals surface area (Å²) in [4.78, 5) is 18.6. The van der Waals surface area contributed by atoms with Crippen LogP contribution in [0, 0.1) is 0 Å². The fourth-order valence-electron chi connectivity index (χ4n) is 4.66. The number of hydrogen-bond acceptors (Lipinski definition) is 4. The van der Waals surface area contributed by atoms with Crippen molar-refractivity contribution in [2.24, 2.45) is 0 Å². The number of benzene rings is 1. The number of carbonyl (C=O) groups is 1. The molecule has 3 aliphatic rings. The molecule has 0 spiro atoms. The Labute approximate surface area is 153 Å². The zero-order valence-electron chi connectivity index (χ0n) is 14.9. The predicted molar refractivity (Wildman–Crippen MR) is 100 cm³/mol. The Morgan fingerprint density at radius 2 is 1.96 bits per heavy atom. The first-order valence-electron chi connectivity index (χ1n) is 9.43. The van der Waals surface area contributed by atoms with E-state index in [0.29, 0.717) is 24.6 Å². The molecule has 2 aromatic rings. The summed E-state index contributed by atoms with van der Waals surface area (Å²) in [6.45, 7) is 0. The van der Waals surface area contributed by atoms with Gasteiger partial charge in [-0.05, 0) is 62.6 Å². The topological polar surface area (TPSA) is 54.5 Å². The van der Waals surface area contributed by atoms with E-state index in [1.165, 1.54) is 12.8 Å². The van der Waals surface area contributed by atoms with Crippen LogP contribution in [0.5, 0.6) is 5.75 Å². The SMILES string of the molecule is CN1C2CCC1CC(Oc1ccc(-c3ccc4c(c3)CC(=O)N4)nc1)C2. The lowest BCUT2D eigenvalue weighted by molar-refractivity contribution is -0.115. The molecule has 134 valence electrons. The fourth-order valence-corrected chi connectivity index (χ4v) is 4.66. The summed E-state index contributed by atoms with van der Waals surface area (Å²) >= 11 is 0. The molecule has 2 unspecified atom stereocenters. The lowest BCUT2D eigenvalue weighted by atomic mass is 10.0. The standard InChI is InChI=1S/C21H23N3O2/c1-24-15-3-4-16(24)11-18(10-15)26-17-5-7-19(22-12-17)13-2-6-20-14(8-13)9-21(25)23-20/h2,5-8,12,15-16,18H,3-4,9-11H2,1H3,(H,23,25). The molecule has 2 fully saturated rings. The number of ether oxygens (including phenoxy) is 1. The van der Waals surface area contributed by atoms with Gasteiger partial charge in [-0.3, -0.25) is 9.78 Å². The summed E-state index contributed by atoms with van der Waals surface area (Å²) in [7, 11) is 2.24. The molecule has 5 heteroatoms. The Balaban J connectivity index is 1.29. The maximum atomic E-state index is 11.5. The van der Waals surface area contributed by atoms with E-state index in [1.54, 1.807) is 0 Å². The van der Waals surface area contributed by atoms with Crippen molar-refractivity contribution in [1.29, 1.82) is 0 Å². The molecule has 2 saturated heterocycles. The fraction of sp³-hybridized carbons (Fsp3) is 0.429. The molecule has 1 amide bonds. The first-order chi connectivity index (χ1) is 12.7. The lowest BCUT2D eigenvalue weighted by Gasteiger charge is -2.36. The molecule has 26 heavy (non-hydrogen) atoms. The number of anilines is 1. The number of piperidine rings is 1. The number of aromatic nitrogens is 1. The highest BCUT2D eigenvalue weighted by Gasteiger charge is 2.39. The molecule has 0 saturated carbocycles. The number of amides is 1. The van der Waals surface area contributed by atoms with Crippen molar-refractivity contribution in [3.63, 3.8) is 0 Å². The Kier molecular flexibility index (Phi) is 3.71. The van der Waals surface area contributed by atoms with Gasteiger partial charge in [0, 0.05) is 23.3 Å². The number of rotatable bonds is 3. The highest BCUT2D eigenvalue weighted by Crippen LogP contribution is 2.36. The monoisotopic (exact) mass is 349 g/mol. The molecule has 1 N–H and O–H groups in total. The Bertz CT molecular complexity index is 835. The van der Waals surface area contributed by atoms with E-state index in [4.69, 9.17) is 4.74 Å². The van der Waals surface area contributed by atoms with Gasteiger partial charge in [-0.25, -0.2) is 0 Å².